The largest absolute Gasteiger partial charge is 0.274 e. The molecule has 2 heterocycles. The van der Waals surface area contributed by atoms with Crippen molar-refractivity contribution in [3.63, 3.8) is 0 Å². The molecule has 2 bridgehead atoms. The van der Waals surface area contributed by atoms with Crippen LogP contribution in [0.1, 0.15) is 6.42 Å². The maximum absolute atomic E-state index is 13.0. The maximum Gasteiger partial charge on any atom is 0.238 e. The summed E-state index contributed by atoms with van der Waals surface area (Å²) in [7, 11) is 0. The molecule has 2 aromatic rings. The Bertz CT molecular complexity index is 925. The number of nitrogens with zero attached hydrogens (tertiary/aromatic N) is 2. The molecule has 4 atom stereocenters. The number of amides is 2. The van der Waals surface area contributed by atoms with Crippen LogP contribution in [0.3, 0.4) is 0 Å². The summed E-state index contributed by atoms with van der Waals surface area (Å²) in [5.41, 5.74) is 0.983. The third-order valence-electron chi connectivity index (χ3n) is 5.48. The molecule has 6 heteroatoms. The number of halogens is 2. The maximum atomic E-state index is 13.0. The second-order valence-corrected chi connectivity index (χ2v) is 7.39. The molecule has 1 saturated carbocycles. The van der Waals surface area contributed by atoms with Gasteiger partial charge in [0.15, 0.2) is 0 Å². The molecule has 24 heavy (non-hydrogen) atoms. The van der Waals surface area contributed by atoms with Crippen LogP contribution in [0.15, 0.2) is 36.5 Å². The highest BCUT2D eigenvalue weighted by Crippen LogP contribution is 2.54. The summed E-state index contributed by atoms with van der Waals surface area (Å²) >= 11 is 12.5. The van der Waals surface area contributed by atoms with Crippen LogP contribution >= 0.6 is 23.2 Å². The predicted octanol–water partition coefficient (Wildman–Crippen LogP) is 3.85. The third kappa shape index (κ3) is 1.68. The zero-order valence-corrected chi connectivity index (χ0v) is 14.0. The molecule has 0 unspecified atom stereocenters. The molecule has 2 fully saturated rings. The first-order chi connectivity index (χ1) is 11.6. The van der Waals surface area contributed by atoms with E-state index < -0.39 is 0 Å². The first kappa shape index (κ1) is 14.4. The van der Waals surface area contributed by atoms with Crippen molar-refractivity contribution in [3.8, 4) is 0 Å². The summed E-state index contributed by atoms with van der Waals surface area (Å²) in [6.07, 6.45) is 6.68. The Balaban J connectivity index is 1.71. The molecular weight excluding hydrogens is 347 g/mol. The number of pyridine rings is 1. The molecule has 2 aliphatic carbocycles. The molecule has 4 nitrogen and oxygen atoms in total. The summed E-state index contributed by atoms with van der Waals surface area (Å²) in [6, 6.07) is 5.16. The molecule has 5 rings (SSSR count). The van der Waals surface area contributed by atoms with Gasteiger partial charge in [-0.2, -0.15) is 0 Å². The van der Waals surface area contributed by atoms with Crippen molar-refractivity contribution in [2.24, 2.45) is 23.7 Å². The lowest BCUT2D eigenvalue weighted by atomic mass is 9.85. The monoisotopic (exact) mass is 358 g/mol. The van der Waals surface area contributed by atoms with Crippen molar-refractivity contribution in [2.45, 2.75) is 6.42 Å². The van der Waals surface area contributed by atoms with Crippen molar-refractivity contribution < 1.29 is 9.59 Å². The SMILES string of the molecule is O=C1[C@@H]2[C@H](C(=O)N1c1cc(Cl)c(Cl)c3ncccc13)[C@@H]1C=C[C@H]2C1. The van der Waals surface area contributed by atoms with Gasteiger partial charge in [0, 0.05) is 11.6 Å². The molecule has 0 radical (unpaired) electrons. The summed E-state index contributed by atoms with van der Waals surface area (Å²) in [5, 5.41) is 1.28. The van der Waals surface area contributed by atoms with Gasteiger partial charge in [0.2, 0.25) is 11.8 Å². The van der Waals surface area contributed by atoms with Crippen molar-refractivity contribution in [1.82, 2.24) is 4.98 Å². The Morgan fingerprint density at radius 1 is 1.08 bits per heavy atom. The minimum absolute atomic E-state index is 0.134. The summed E-state index contributed by atoms with van der Waals surface area (Å²) in [6.45, 7) is 0. The average molecular weight is 359 g/mol. The first-order valence-electron chi connectivity index (χ1n) is 7.87. The Morgan fingerprint density at radius 3 is 2.42 bits per heavy atom. The first-order valence-corrected chi connectivity index (χ1v) is 8.62. The van der Waals surface area contributed by atoms with Crippen molar-refractivity contribution in [1.29, 1.82) is 0 Å². The van der Waals surface area contributed by atoms with Gasteiger partial charge < -0.3 is 0 Å². The van der Waals surface area contributed by atoms with Gasteiger partial charge >= 0.3 is 0 Å². The van der Waals surface area contributed by atoms with Gasteiger partial charge in [-0.15, -0.1) is 0 Å². The average Bonchev–Trinajstić information content (AvgIpc) is 3.26. The van der Waals surface area contributed by atoms with E-state index >= 15 is 0 Å². The minimum atomic E-state index is -0.242. The number of allylic oxidation sites excluding steroid dienone is 2. The predicted molar refractivity (Wildman–Crippen MR) is 92.0 cm³/mol. The number of anilines is 1. The Morgan fingerprint density at radius 2 is 1.75 bits per heavy atom. The van der Waals surface area contributed by atoms with Crippen LogP contribution < -0.4 is 4.90 Å². The lowest BCUT2D eigenvalue weighted by Crippen LogP contribution is -2.33. The van der Waals surface area contributed by atoms with Gasteiger partial charge in [0.25, 0.3) is 0 Å². The van der Waals surface area contributed by atoms with Crippen LogP contribution in [0, 0.1) is 23.7 Å². The van der Waals surface area contributed by atoms with Crippen molar-refractivity contribution in [2.75, 3.05) is 4.90 Å². The number of carbonyl (C=O) groups is 2. The molecule has 1 aromatic carbocycles. The van der Waals surface area contributed by atoms with Gasteiger partial charge in [-0.1, -0.05) is 35.4 Å². The van der Waals surface area contributed by atoms with Crippen LogP contribution in [0.4, 0.5) is 5.69 Å². The number of hydrogen-bond donors (Lipinski definition) is 0. The van der Waals surface area contributed by atoms with E-state index in [2.05, 4.69) is 17.1 Å². The van der Waals surface area contributed by atoms with Gasteiger partial charge in [0.05, 0.1) is 33.1 Å². The summed E-state index contributed by atoms with van der Waals surface area (Å²) in [5.74, 6) is -0.402. The van der Waals surface area contributed by atoms with E-state index in [9.17, 15) is 9.59 Å². The highest BCUT2D eigenvalue weighted by molar-refractivity contribution is 6.46. The number of hydrogen-bond acceptors (Lipinski definition) is 3. The quantitative estimate of drug-likeness (QED) is 0.574. The van der Waals surface area contributed by atoms with E-state index in [0.717, 1.165) is 6.42 Å². The van der Waals surface area contributed by atoms with Crippen molar-refractivity contribution >= 4 is 51.6 Å². The number of fused-ring (bicyclic) bond motifs is 6. The number of imide groups is 1. The lowest BCUT2D eigenvalue weighted by molar-refractivity contribution is -0.123. The highest BCUT2D eigenvalue weighted by atomic mass is 35.5. The number of carbonyl (C=O) groups excluding carboxylic acids is 2. The molecule has 2 amide bonds. The van der Waals surface area contributed by atoms with Crippen molar-refractivity contribution in [3.05, 3.63) is 46.6 Å². The van der Waals surface area contributed by atoms with E-state index in [-0.39, 0.29) is 40.5 Å². The van der Waals surface area contributed by atoms with Crippen LogP contribution in [0.2, 0.25) is 10.0 Å². The normalized spacial score (nSPS) is 30.7. The fourth-order valence-electron chi connectivity index (χ4n) is 4.49. The number of rotatable bonds is 1. The molecule has 0 N–H and O–H groups in total. The molecular formula is C18H12Cl2N2O2. The minimum Gasteiger partial charge on any atom is -0.274 e. The van der Waals surface area contributed by atoms with Crippen LogP contribution in [0.25, 0.3) is 10.9 Å². The van der Waals surface area contributed by atoms with Crippen LogP contribution in [0.5, 0.6) is 0 Å². The fraction of sp³-hybridized carbons (Fsp3) is 0.278. The Labute approximate surface area is 148 Å². The molecule has 120 valence electrons. The number of benzene rings is 1. The van der Waals surface area contributed by atoms with E-state index in [4.69, 9.17) is 23.2 Å². The zero-order valence-electron chi connectivity index (χ0n) is 12.4. The molecule has 1 saturated heterocycles. The fourth-order valence-corrected chi connectivity index (χ4v) is 4.88. The molecule has 3 aliphatic rings. The second-order valence-electron chi connectivity index (χ2n) is 6.60. The van der Waals surface area contributed by atoms with E-state index in [1.54, 1.807) is 24.4 Å². The van der Waals surface area contributed by atoms with E-state index in [0.29, 0.717) is 21.6 Å². The second kappa shape index (κ2) is 4.80. The molecule has 0 spiro atoms. The van der Waals surface area contributed by atoms with Gasteiger partial charge in [0.1, 0.15) is 0 Å². The highest BCUT2D eigenvalue weighted by Gasteiger charge is 2.59. The van der Waals surface area contributed by atoms with Crippen LogP contribution in [-0.4, -0.2) is 16.8 Å². The van der Waals surface area contributed by atoms with E-state index in [1.165, 1.54) is 4.90 Å². The third-order valence-corrected chi connectivity index (χ3v) is 6.25. The number of aromatic nitrogens is 1. The topological polar surface area (TPSA) is 50.3 Å². The zero-order chi connectivity index (χ0) is 16.6. The molecule has 1 aromatic heterocycles. The van der Waals surface area contributed by atoms with Gasteiger partial charge in [-0.25, -0.2) is 4.90 Å². The Hall–Kier alpha value is -1.91. The lowest BCUT2D eigenvalue weighted by Gasteiger charge is -2.20. The van der Waals surface area contributed by atoms with Gasteiger partial charge in [-0.05, 0) is 36.5 Å². The summed E-state index contributed by atoms with van der Waals surface area (Å²) < 4.78 is 0. The summed E-state index contributed by atoms with van der Waals surface area (Å²) in [4.78, 5) is 31.6. The van der Waals surface area contributed by atoms with Crippen LogP contribution in [-0.2, 0) is 9.59 Å². The Kier molecular flexibility index (Phi) is 2.89. The smallest absolute Gasteiger partial charge is 0.238 e. The van der Waals surface area contributed by atoms with E-state index in [1.807, 2.05) is 0 Å². The standard InChI is InChI=1S/C18H12Cl2N2O2/c19-11-7-12(10-2-1-5-21-16(10)15(11)20)22-17(23)13-8-3-4-9(6-8)14(13)18(22)24/h1-5,7-9,13-14H,6H2/t8-,9+,13-,14+. The van der Waals surface area contributed by atoms with Gasteiger partial charge in [-0.3, -0.25) is 14.6 Å². The molecule has 1 aliphatic heterocycles.